The highest BCUT2D eigenvalue weighted by molar-refractivity contribution is 5.91. The first kappa shape index (κ1) is 16.5. The molecule has 1 aliphatic rings. The van der Waals surface area contributed by atoms with Gasteiger partial charge in [-0.2, -0.15) is 0 Å². The highest BCUT2D eigenvalue weighted by Crippen LogP contribution is 2.25. The largest absolute Gasteiger partial charge is 0.490 e. The summed E-state index contributed by atoms with van der Waals surface area (Å²) < 4.78 is 7.51. The minimum Gasteiger partial charge on any atom is -0.490 e. The number of carbonyl (C=O) groups is 1. The van der Waals surface area contributed by atoms with E-state index in [4.69, 9.17) is 4.74 Å². The first-order valence-electron chi connectivity index (χ1n) is 8.16. The zero-order chi connectivity index (χ0) is 17.2. The zero-order valence-corrected chi connectivity index (χ0v) is 14.1. The van der Waals surface area contributed by atoms with Crippen LogP contribution >= 0.6 is 0 Å². The molecule has 1 saturated heterocycles. The van der Waals surface area contributed by atoms with Gasteiger partial charge in [0.15, 0.2) is 5.82 Å². The zero-order valence-electron chi connectivity index (χ0n) is 14.1. The van der Waals surface area contributed by atoms with Crippen LogP contribution in [-0.2, 0) is 7.05 Å². The Morgan fingerprint density at radius 2 is 2.21 bits per heavy atom. The molecular formula is C18H23N3O3. The molecule has 6 heteroatoms. The predicted octanol–water partition coefficient (Wildman–Crippen LogP) is 1.77. The first-order chi connectivity index (χ1) is 11.5. The van der Waals surface area contributed by atoms with Crippen molar-refractivity contribution in [2.45, 2.75) is 25.4 Å². The SMILES string of the molecule is Cc1ccccc1OC[C@@]1(O)CCCN(C(=O)c2nccn2C)C1. The molecule has 6 nitrogen and oxygen atoms in total. The number of aryl methyl sites for hydroxylation is 2. The van der Waals surface area contributed by atoms with Crippen LogP contribution in [0, 0.1) is 6.92 Å². The summed E-state index contributed by atoms with van der Waals surface area (Å²) in [7, 11) is 1.79. The van der Waals surface area contributed by atoms with Gasteiger partial charge in [-0.3, -0.25) is 4.79 Å². The van der Waals surface area contributed by atoms with E-state index < -0.39 is 5.60 Å². The number of para-hydroxylation sites is 1. The molecule has 2 aromatic rings. The number of ether oxygens (including phenoxy) is 1. The maximum atomic E-state index is 12.6. The smallest absolute Gasteiger partial charge is 0.289 e. The summed E-state index contributed by atoms with van der Waals surface area (Å²) >= 11 is 0. The summed E-state index contributed by atoms with van der Waals surface area (Å²) in [5.41, 5.74) is -0.0145. The van der Waals surface area contributed by atoms with Gasteiger partial charge in [0.05, 0.1) is 6.54 Å². The third kappa shape index (κ3) is 3.43. The van der Waals surface area contributed by atoms with Crippen molar-refractivity contribution in [1.29, 1.82) is 0 Å². The Bertz CT molecular complexity index is 728. The molecule has 0 spiro atoms. The van der Waals surface area contributed by atoms with Crippen molar-refractivity contribution >= 4 is 5.91 Å². The summed E-state index contributed by atoms with van der Waals surface area (Å²) in [6.07, 6.45) is 4.70. The van der Waals surface area contributed by atoms with Crippen LogP contribution in [0.15, 0.2) is 36.7 Å². The number of carbonyl (C=O) groups excluding carboxylic acids is 1. The first-order valence-corrected chi connectivity index (χ1v) is 8.16. The van der Waals surface area contributed by atoms with Crippen LogP contribution in [0.5, 0.6) is 5.75 Å². The molecule has 0 unspecified atom stereocenters. The quantitative estimate of drug-likeness (QED) is 0.928. The van der Waals surface area contributed by atoms with Gasteiger partial charge in [-0.05, 0) is 31.4 Å². The second-order valence-corrected chi connectivity index (χ2v) is 6.47. The van der Waals surface area contributed by atoms with Gasteiger partial charge in [0.2, 0.25) is 0 Å². The number of likely N-dealkylation sites (tertiary alicyclic amines) is 1. The average Bonchev–Trinajstić information content (AvgIpc) is 2.99. The molecule has 1 aromatic heterocycles. The normalized spacial score (nSPS) is 20.9. The highest BCUT2D eigenvalue weighted by Gasteiger charge is 2.37. The highest BCUT2D eigenvalue weighted by atomic mass is 16.5. The summed E-state index contributed by atoms with van der Waals surface area (Å²) in [5, 5.41) is 10.9. The molecule has 1 fully saturated rings. The summed E-state index contributed by atoms with van der Waals surface area (Å²) in [4.78, 5) is 18.4. The molecule has 128 valence electrons. The van der Waals surface area contributed by atoms with E-state index in [1.165, 1.54) is 0 Å². The fourth-order valence-electron chi connectivity index (χ4n) is 3.05. The van der Waals surface area contributed by atoms with E-state index in [9.17, 15) is 9.90 Å². The van der Waals surface area contributed by atoms with Gasteiger partial charge in [0.1, 0.15) is 18.0 Å². The lowest BCUT2D eigenvalue weighted by Crippen LogP contribution is -2.53. The van der Waals surface area contributed by atoms with Gasteiger partial charge < -0.3 is 19.3 Å². The van der Waals surface area contributed by atoms with Crippen LogP contribution < -0.4 is 4.74 Å². The van der Waals surface area contributed by atoms with E-state index in [2.05, 4.69) is 4.98 Å². The number of hydrogen-bond donors (Lipinski definition) is 1. The van der Waals surface area contributed by atoms with E-state index in [1.54, 1.807) is 28.9 Å². The van der Waals surface area contributed by atoms with Gasteiger partial charge in [-0.1, -0.05) is 18.2 Å². The number of aliphatic hydroxyl groups is 1. The van der Waals surface area contributed by atoms with Gasteiger partial charge in [-0.15, -0.1) is 0 Å². The third-order valence-corrected chi connectivity index (χ3v) is 4.44. The Morgan fingerprint density at radius 3 is 2.92 bits per heavy atom. The van der Waals surface area contributed by atoms with E-state index in [0.29, 0.717) is 18.8 Å². The molecule has 3 rings (SSSR count). The van der Waals surface area contributed by atoms with E-state index in [0.717, 1.165) is 17.7 Å². The fourth-order valence-corrected chi connectivity index (χ4v) is 3.05. The third-order valence-electron chi connectivity index (χ3n) is 4.44. The Balaban J connectivity index is 1.67. The van der Waals surface area contributed by atoms with Crippen LogP contribution in [0.25, 0.3) is 0 Å². The van der Waals surface area contributed by atoms with Crippen molar-refractivity contribution in [2.75, 3.05) is 19.7 Å². The number of nitrogens with zero attached hydrogens (tertiary/aromatic N) is 3. The second-order valence-electron chi connectivity index (χ2n) is 6.47. The number of rotatable bonds is 4. The number of benzene rings is 1. The Hall–Kier alpha value is -2.34. The van der Waals surface area contributed by atoms with Crippen molar-refractivity contribution < 1.29 is 14.6 Å². The van der Waals surface area contributed by atoms with Crippen molar-refractivity contribution in [2.24, 2.45) is 7.05 Å². The average molecular weight is 329 g/mol. The molecule has 1 atom stereocenters. The minimum atomic E-state index is -1.04. The van der Waals surface area contributed by atoms with Crippen molar-refractivity contribution in [3.63, 3.8) is 0 Å². The number of imidazole rings is 1. The molecule has 1 amide bonds. The van der Waals surface area contributed by atoms with Gasteiger partial charge in [0.25, 0.3) is 5.91 Å². The maximum absolute atomic E-state index is 12.6. The number of β-amino-alcohol motifs (C(OH)–C–C–N with tert-alkyl or cyclic N) is 1. The van der Waals surface area contributed by atoms with Gasteiger partial charge >= 0.3 is 0 Å². The standard InChI is InChI=1S/C18H23N3O3/c1-14-6-3-4-7-15(14)24-13-18(23)8-5-10-21(12-18)17(22)16-19-9-11-20(16)2/h3-4,6-7,9,11,23H,5,8,10,12-13H2,1-2H3/t18-/m1/s1. The van der Waals surface area contributed by atoms with Crippen LogP contribution in [0.2, 0.25) is 0 Å². The molecule has 0 bridgehead atoms. The molecule has 0 radical (unpaired) electrons. The lowest BCUT2D eigenvalue weighted by molar-refractivity contribution is -0.0535. The number of aromatic nitrogens is 2. The summed E-state index contributed by atoms with van der Waals surface area (Å²) in [5.74, 6) is 0.995. The fraction of sp³-hybridized carbons (Fsp3) is 0.444. The van der Waals surface area contributed by atoms with Crippen molar-refractivity contribution in [3.05, 3.63) is 48.0 Å². The van der Waals surface area contributed by atoms with Crippen molar-refractivity contribution in [1.82, 2.24) is 14.5 Å². The predicted molar refractivity (Wildman–Crippen MR) is 90.0 cm³/mol. The Kier molecular flexibility index (Phi) is 4.57. The lowest BCUT2D eigenvalue weighted by atomic mass is 9.93. The minimum absolute atomic E-state index is 0.156. The summed E-state index contributed by atoms with van der Waals surface area (Å²) in [6.45, 7) is 3.02. The molecule has 24 heavy (non-hydrogen) atoms. The molecule has 1 aliphatic heterocycles. The second kappa shape index (κ2) is 6.65. The van der Waals surface area contributed by atoms with Crippen molar-refractivity contribution in [3.8, 4) is 5.75 Å². The van der Waals surface area contributed by atoms with E-state index >= 15 is 0 Å². The molecule has 2 heterocycles. The van der Waals surface area contributed by atoms with Crippen LogP contribution in [0.4, 0.5) is 0 Å². The molecule has 1 N–H and O–H groups in total. The molecule has 0 aliphatic carbocycles. The van der Waals surface area contributed by atoms with Crippen LogP contribution in [-0.4, -0.2) is 50.8 Å². The molecular weight excluding hydrogens is 306 g/mol. The number of amides is 1. The lowest BCUT2D eigenvalue weighted by Gasteiger charge is -2.38. The number of piperidine rings is 1. The topological polar surface area (TPSA) is 67.6 Å². The maximum Gasteiger partial charge on any atom is 0.289 e. The Morgan fingerprint density at radius 1 is 1.42 bits per heavy atom. The molecule has 0 saturated carbocycles. The summed E-state index contributed by atoms with van der Waals surface area (Å²) in [6, 6.07) is 7.71. The van der Waals surface area contributed by atoms with E-state index in [-0.39, 0.29) is 19.1 Å². The number of hydrogen-bond acceptors (Lipinski definition) is 4. The molecule has 1 aromatic carbocycles. The van der Waals surface area contributed by atoms with Gasteiger partial charge in [-0.25, -0.2) is 4.98 Å². The Labute approximate surface area is 141 Å². The van der Waals surface area contributed by atoms with Gasteiger partial charge in [0, 0.05) is 26.0 Å². The van der Waals surface area contributed by atoms with E-state index in [1.807, 2.05) is 31.2 Å². The van der Waals surface area contributed by atoms with Crippen LogP contribution in [0.1, 0.15) is 29.0 Å². The van der Waals surface area contributed by atoms with Crippen LogP contribution in [0.3, 0.4) is 0 Å². The monoisotopic (exact) mass is 329 g/mol.